The zero-order chi connectivity index (χ0) is 31.6. The maximum absolute atomic E-state index is 10.6. The van der Waals surface area contributed by atoms with Crippen LogP contribution in [0.3, 0.4) is 0 Å². The molecule has 0 aliphatic rings. The van der Waals surface area contributed by atoms with Crippen LogP contribution in [0.4, 0.5) is 5.69 Å². The summed E-state index contributed by atoms with van der Waals surface area (Å²) in [4.78, 5) is 10.2. The molecule has 0 N–H and O–H groups in total. The third-order valence-corrected chi connectivity index (χ3v) is 6.29. The number of nitrogens with zero attached hydrogens (tertiary/aromatic N) is 1. The van der Waals surface area contributed by atoms with Crippen molar-refractivity contribution in [2.24, 2.45) is 0 Å². The van der Waals surface area contributed by atoms with E-state index in [-0.39, 0.29) is 5.69 Å². The highest BCUT2D eigenvalue weighted by Crippen LogP contribution is 2.17. The first kappa shape index (κ1) is 40.1. The summed E-state index contributed by atoms with van der Waals surface area (Å²) >= 11 is 0. The average Bonchev–Trinajstić information content (AvgIpc) is 3.03. The molecule has 0 bridgehead atoms. The average molecular weight is 632 g/mol. The van der Waals surface area contributed by atoms with Crippen molar-refractivity contribution in [2.45, 2.75) is 58.3 Å². The van der Waals surface area contributed by atoms with Crippen molar-refractivity contribution in [3.05, 3.63) is 34.4 Å². The number of unbranched alkanes of at least 4 members (excludes halogenated alkanes) is 7. The maximum atomic E-state index is 10.6. The van der Waals surface area contributed by atoms with Gasteiger partial charge in [0.1, 0.15) is 12.4 Å². The van der Waals surface area contributed by atoms with Crippen LogP contribution in [0.5, 0.6) is 5.75 Å². The molecule has 1 aromatic rings. The molecule has 44 heavy (non-hydrogen) atoms. The van der Waals surface area contributed by atoms with Crippen LogP contribution in [-0.4, -0.2) is 117 Å². The first-order chi connectivity index (χ1) is 21.7. The van der Waals surface area contributed by atoms with E-state index in [0.717, 1.165) is 13.0 Å². The van der Waals surface area contributed by atoms with Crippen molar-refractivity contribution in [2.75, 3.05) is 112 Å². The number of hydrogen-bond donors (Lipinski definition) is 0. The van der Waals surface area contributed by atoms with Gasteiger partial charge in [0.05, 0.1) is 104 Å². The summed E-state index contributed by atoms with van der Waals surface area (Å²) in [6, 6.07) is 5.93. The Morgan fingerprint density at radius 2 is 0.773 bits per heavy atom. The Morgan fingerprint density at radius 3 is 1.14 bits per heavy atom. The molecule has 0 unspecified atom stereocenters. The summed E-state index contributed by atoms with van der Waals surface area (Å²) in [5, 5.41) is 10.6. The van der Waals surface area contributed by atoms with Gasteiger partial charge in [0.15, 0.2) is 0 Å². The quantitative estimate of drug-likeness (QED) is 0.0554. The zero-order valence-electron chi connectivity index (χ0n) is 26.9. The highest BCUT2D eigenvalue weighted by atomic mass is 16.6. The van der Waals surface area contributed by atoms with Gasteiger partial charge in [0, 0.05) is 18.7 Å². The normalized spacial score (nSPS) is 11.3. The lowest BCUT2D eigenvalue weighted by Gasteiger charge is -2.09. The van der Waals surface area contributed by atoms with Crippen LogP contribution >= 0.6 is 0 Å². The molecule has 0 aliphatic heterocycles. The molecule has 0 atom stereocenters. The zero-order valence-corrected chi connectivity index (χ0v) is 26.9. The van der Waals surface area contributed by atoms with Crippen LogP contribution in [0.25, 0.3) is 0 Å². The monoisotopic (exact) mass is 631 g/mol. The van der Waals surface area contributed by atoms with E-state index in [2.05, 4.69) is 6.92 Å². The number of ether oxygens (including phenoxy) is 9. The van der Waals surface area contributed by atoms with Gasteiger partial charge in [-0.15, -0.1) is 0 Å². The lowest BCUT2D eigenvalue weighted by molar-refractivity contribution is -0.384. The molecule has 1 rings (SSSR count). The van der Waals surface area contributed by atoms with Gasteiger partial charge in [-0.25, -0.2) is 0 Å². The second-order valence-corrected chi connectivity index (χ2v) is 9.97. The van der Waals surface area contributed by atoms with E-state index < -0.39 is 4.92 Å². The van der Waals surface area contributed by atoms with Crippen molar-refractivity contribution in [1.29, 1.82) is 0 Å². The first-order valence-electron chi connectivity index (χ1n) is 16.2. The largest absolute Gasteiger partial charge is 0.491 e. The summed E-state index contributed by atoms with van der Waals surface area (Å²) < 4.78 is 49.4. The fourth-order valence-corrected chi connectivity index (χ4v) is 3.86. The van der Waals surface area contributed by atoms with Gasteiger partial charge in [-0.05, 0) is 18.6 Å². The molecule has 0 amide bonds. The van der Waals surface area contributed by atoms with Crippen molar-refractivity contribution in [1.82, 2.24) is 0 Å². The van der Waals surface area contributed by atoms with E-state index in [4.69, 9.17) is 42.6 Å². The second kappa shape index (κ2) is 32.5. The van der Waals surface area contributed by atoms with E-state index in [0.29, 0.717) is 111 Å². The molecular formula is C32H57NO11. The lowest BCUT2D eigenvalue weighted by Crippen LogP contribution is -2.15. The summed E-state index contributed by atoms with van der Waals surface area (Å²) in [6.07, 6.45) is 10.5. The number of benzene rings is 1. The van der Waals surface area contributed by atoms with Gasteiger partial charge in [-0.1, -0.05) is 51.9 Å². The van der Waals surface area contributed by atoms with Gasteiger partial charge in [0.2, 0.25) is 0 Å². The first-order valence-corrected chi connectivity index (χ1v) is 16.2. The lowest BCUT2D eigenvalue weighted by atomic mass is 10.1. The molecule has 0 aliphatic carbocycles. The van der Waals surface area contributed by atoms with Crippen molar-refractivity contribution in [3.63, 3.8) is 0 Å². The Balaban J connectivity index is 1.65. The van der Waals surface area contributed by atoms with Crippen LogP contribution in [0.2, 0.25) is 0 Å². The Bertz CT molecular complexity index is 739. The third kappa shape index (κ3) is 27.6. The van der Waals surface area contributed by atoms with Crippen LogP contribution in [0.15, 0.2) is 24.3 Å². The summed E-state index contributed by atoms with van der Waals surface area (Å²) in [5.74, 6) is 0.562. The molecule has 0 aromatic heterocycles. The minimum Gasteiger partial charge on any atom is -0.491 e. The molecule has 0 fully saturated rings. The molecule has 12 heteroatoms. The van der Waals surface area contributed by atoms with E-state index in [1.165, 1.54) is 57.1 Å². The summed E-state index contributed by atoms with van der Waals surface area (Å²) in [7, 11) is 0. The van der Waals surface area contributed by atoms with E-state index >= 15 is 0 Å². The van der Waals surface area contributed by atoms with E-state index in [1.807, 2.05) is 0 Å². The Morgan fingerprint density at radius 1 is 0.455 bits per heavy atom. The van der Waals surface area contributed by atoms with E-state index in [1.54, 1.807) is 12.1 Å². The van der Waals surface area contributed by atoms with Crippen molar-refractivity contribution in [3.8, 4) is 5.75 Å². The standard InChI is InChI=1S/C32H57NO11/c1-2-3-4-5-6-7-8-9-14-36-15-16-37-17-18-38-19-20-39-21-22-40-23-24-41-25-26-42-27-28-43-29-30-44-32-12-10-31(11-13-32)33(34)35/h10-13H,2-9,14-30H2,1H3. The molecule has 0 radical (unpaired) electrons. The number of hydrogen-bond acceptors (Lipinski definition) is 11. The van der Waals surface area contributed by atoms with Crippen LogP contribution in [0, 0.1) is 10.1 Å². The Hall–Kier alpha value is -1.90. The van der Waals surface area contributed by atoms with Crippen LogP contribution in [0.1, 0.15) is 58.3 Å². The number of nitro benzene ring substituents is 1. The van der Waals surface area contributed by atoms with Gasteiger partial charge < -0.3 is 42.6 Å². The topological polar surface area (TPSA) is 126 Å². The van der Waals surface area contributed by atoms with Crippen molar-refractivity contribution >= 4 is 5.69 Å². The number of non-ortho nitro benzene ring substituents is 1. The molecule has 0 spiro atoms. The molecule has 256 valence electrons. The predicted octanol–water partition coefficient (Wildman–Crippen LogP) is 5.25. The molecule has 0 saturated carbocycles. The fourth-order valence-electron chi connectivity index (χ4n) is 3.86. The van der Waals surface area contributed by atoms with Gasteiger partial charge in [0.25, 0.3) is 5.69 Å². The molecule has 1 aromatic carbocycles. The number of nitro groups is 1. The summed E-state index contributed by atoms with van der Waals surface area (Å²) in [5.41, 5.74) is 0.0307. The second-order valence-electron chi connectivity index (χ2n) is 9.97. The highest BCUT2D eigenvalue weighted by Gasteiger charge is 2.04. The fraction of sp³-hybridized carbons (Fsp3) is 0.812. The molecule has 0 heterocycles. The van der Waals surface area contributed by atoms with Gasteiger partial charge in [-0.2, -0.15) is 0 Å². The minimum absolute atomic E-state index is 0.0307. The highest BCUT2D eigenvalue weighted by molar-refractivity contribution is 5.35. The van der Waals surface area contributed by atoms with Crippen LogP contribution in [-0.2, 0) is 37.9 Å². The van der Waals surface area contributed by atoms with E-state index in [9.17, 15) is 10.1 Å². The third-order valence-electron chi connectivity index (χ3n) is 6.29. The van der Waals surface area contributed by atoms with Gasteiger partial charge in [-0.3, -0.25) is 10.1 Å². The molecule has 0 saturated heterocycles. The SMILES string of the molecule is CCCCCCCCCCOCCOCCOCCOCCOCCOCCOCCOCCOc1ccc([N+](=O)[O-])cc1. The predicted molar refractivity (Wildman–Crippen MR) is 168 cm³/mol. The molecular weight excluding hydrogens is 574 g/mol. The number of rotatable bonds is 35. The van der Waals surface area contributed by atoms with Crippen LogP contribution < -0.4 is 4.74 Å². The Kier molecular flexibility index (Phi) is 29.6. The smallest absolute Gasteiger partial charge is 0.269 e. The summed E-state index contributed by atoms with van der Waals surface area (Å²) in [6.45, 7) is 11.1. The Labute approximate surface area is 264 Å². The maximum Gasteiger partial charge on any atom is 0.269 e. The van der Waals surface area contributed by atoms with Crippen molar-refractivity contribution < 1.29 is 47.6 Å². The minimum atomic E-state index is -0.448. The molecule has 12 nitrogen and oxygen atoms in total. The van der Waals surface area contributed by atoms with Gasteiger partial charge >= 0.3 is 0 Å².